The quantitative estimate of drug-likeness (QED) is 0.805. The summed E-state index contributed by atoms with van der Waals surface area (Å²) in [7, 11) is 0. The molecule has 1 aliphatic heterocycles. The number of likely N-dealkylation sites (tertiary alicyclic amines) is 1. The molecular formula is C14H16ClN3O. The zero-order valence-electron chi connectivity index (χ0n) is 10.7. The summed E-state index contributed by atoms with van der Waals surface area (Å²) in [6.07, 6.45) is 5.50. The van der Waals surface area contributed by atoms with Gasteiger partial charge in [0, 0.05) is 30.5 Å². The van der Waals surface area contributed by atoms with E-state index in [0.29, 0.717) is 11.6 Å². The number of fused-ring (bicyclic) bond motifs is 1. The van der Waals surface area contributed by atoms with E-state index in [2.05, 4.69) is 16.9 Å². The Bertz CT molecular complexity index is 602. The van der Waals surface area contributed by atoms with Crippen molar-refractivity contribution in [3.8, 4) is 0 Å². The van der Waals surface area contributed by atoms with E-state index in [-0.39, 0.29) is 18.3 Å². The molecule has 2 aromatic rings. The average Bonchev–Trinajstić information content (AvgIpc) is 2.83. The SMILES string of the molecule is CC1CCCN1C(=O)c1ccc2nccnc2c1.Cl. The molecular weight excluding hydrogens is 262 g/mol. The molecule has 2 heterocycles. The molecule has 1 atom stereocenters. The average molecular weight is 278 g/mol. The molecule has 100 valence electrons. The molecule has 0 aliphatic carbocycles. The fourth-order valence-corrected chi connectivity index (χ4v) is 2.50. The third kappa shape index (κ3) is 2.54. The second-order valence-corrected chi connectivity index (χ2v) is 4.75. The van der Waals surface area contributed by atoms with Crippen LogP contribution in [0.5, 0.6) is 0 Å². The zero-order chi connectivity index (χ0) is 12.5. The first kappa shape index (κ1) is 13.7. The summed E-state index contributed by atoms with van der Waals surface area (Å²) in [5.41, 5.74) is 2.30. The molecule has 0 radical (unpaired) electrons. The minimum Gasteiger partial charge on any atom is -0.336 e. The molecule has 19 heavy (non-hydrogen) atoms. The van der Waals surface area contributed by atoms with Gasteiger partial charge in [-0.2, -0.15) is 0 Å². The van der Waals surface area contributed by atoms with Gasteiger partial charge in [0.15, 0.2) is 0 Å². The van der Waals surface area contributed by atoms with Gasteiger partial charge in [0.05, 0.1) is 11.0 Å². The van der Waals surface area contributed by atoms with Crippen molar-refractivity contribution < 1.29 is 4.79 Å². The molecule has 4 nitrogen and oxygen atoms in total. The molecule has 0 spiro atoms. The molecule has 5 heteroatoms. The van der Waals surface area contributed by atoms with Crippen LogP contribution >= 0.6 is 12.4 Å². The Hall–Kier alpha value is -1.68. The zero-order valence-corrected chi connectivity index (χ0v) is 11.6. The number of benzene rings is 1. The van der Waals surface area contributed by atoms with Gasteiger partial charge in [0.1, 0.15) is 0 Å². The summed E-state index contributed by atoms with van der Waals surface area (Å²) in [6.45, 7) is 2.96. The number of hydrogen-bond acceptors (Lipinski definition) is 3. The van der Waals surface area contributed by atoms with Crippen LogP contribution in [0.2, 0.25) is 0 Å². The molecule has 1 aromatic heterocycles. The Morgan fingerprint density at radius 2 is 2.00 bits per heavy atom. The maximum atomic E-state index is 12.4. The lowest BCUT2D eigenvalue weighted by Crippen LogP contribution is -2.33. The molecule has 1 saturated heterocycles. The largest absolute Gasteiger partial charge is 0.336 e. The van der Waals surface area contributed by atoms with Gasteiger partial charge in [-0.05, 0) is 38.0 Å². The topological polar surface area (TPSA) is 46.1 Å². The van der Waals surface area contributed by atoms with Crippen LogP contribution in [0.15, 0.2) is 30.6 Å². The maximum Gasteiger partial charge on any atom is 0.254 e. The monoisotopic (exact) mass is 277 g/mol. The van der Waals surface area contributed by atoms with Crippen molar-refractivity contribution in [2.75, 3.05) is 6.54 Å². The Labute approximate surface area is 118 Å². The van der Waals surface area contributed by atoms with Crippen LogP contribution in [0.1, 0.15) is 30.1 Å². The highest BCUT2D eigenvalue weighted by Gasteiger charge is 2.25. The van der Waals surface area contributed by atoms with Gasteiger partial charge in [0.25, 0.3) is 5.91 Å². The number of carbonyl (C=O) groups excluding carboxylic acids is 1. The van der Waals surface area contributed by atoms with E-state index in [1.54, 1.807) is 12.4 Å². The first-order chi connectivity index (χ1) is 8.75. The van der Waals surface area contributed by atoms with Crippen LogP contribution in [-0.2, 0) is 0 Å². The van der Waals surface area contributed by atoms with Gasteiger partial charge in [-0.3, -0.25) is 14.8 Å². The summed E-state index contributed by atoms with van der Waals surface area (Å²) >= 11 is 0. The molecule has 0 saturated carbocycles. The highest BCUT2D eigenvalue weighted by molar-refractivity contribution is 5.97. The number of aromatic nitrogens is 2. The number of carbonyl (C=O) groups is 1. The predicted octanol–water partition coefficient (Wildman–Crippen LogP) is 2.68. The Morgan fingerprint density at radius 1 is 1.26 bits per heavy atom. The van der Waals surface area contributed by atoms with Crippen LogP contribution in [0.3, 0.4) is 0 Å². The van der Waals surface area contributed by atoms with E-state index in [9.17, 15) is 4.79 Å². The van der Waals surface area contributed by atoms with Crippen molar-refractivity contribution in [1.29, 1.82) is 0 Å². The summed E-state index contributed by atoms with van der Waals surface area (Å²) in [6, 6.07) is 5.87. The van der Waals surface area contributed by atoms with Crippen molar-refractivity contribution in [2.24, 2.45) is 0 Å². The first-order valence-corrected chi connectivity index (χ1v) is 6.27. The Balaban J connectivity index is 0.00000133. The third-order valence-corrected chi connectivity index (χ3v) is 3.53. The Kier molecular flexibility index (Phi) is 4.00. The lowest BCUT2D eigenvalue weighted by Gasteiger charge is -2.21. The summed E-state index contributed by atoms with van der Waals surface area (Å²) in [5, 5.41) is 0. The van der Waals surface area contributed by atoms with Gasteiger partial charge < -0.3 is 4.90 Å². The van der Waals surface area contributed by atoms with Crippen LogP contribution in [0.4, 0.5) is 0 Å². The fraction of sp³-hybridized carbons (Fsp3) is 0.357. The molecule has 3 rings (SSSR count). The van der Waals surface area contributed by atoms with Gasteiger partial charge in [0.2, 0.25) is 0 Å². The van der Waals surface area contributed by atoms with Crippen molar-refractivity contribution >= 4 is 29.3 Å². The Morgan fingerprint density at radius 3 is 2.68 bits per heavy atom. The number of halogens is 1. The van der Waals surface area contributed by atoms with Crippen LogP contribution in [0, 0.1) is 0 Å². The van der Waals surface area contributed by atoms with Gasteiger partial charge >= 0.3 is 0 Å². The number of hydrogen-bond donors (Lipinski definition) is 0. The smallest absolute Gasteiger partial charge is 0.254 e. The minimum absolute atomic E-state index is 0. The normalized spacial score (nSPS) is 18.4. The minimum atomic E-state index is 0. The van der Waals surface area contributed by atoms with Crippen molar-refractivity contribution in [3.63, 3.8) is 0 Å². The number of nitrogens with zero attached hydrogens (tertiary/aromatic N) is 3. The van der Waals surface area contributed by atoms with Crippen molar-refractivity contribution in [1.82, 2.24) is 14.9 Å². The summed E-state index contributed by atoms with van der Waals surface area (Å²) in [5.74, 6) is 0.104. The molecule has 1 aliphatic rings. The van der Waals surface area contributed by atoms with Crippen LogP contribution < -0.4 is 0 Å². The van der Waals surface area contributed by atoms with E-state index in [1.807, 2.05) is 23.1 Å². The fourth-order valence-electron chi connectivity index (χ4n) is 2.50. The highest BCUT2D eigenvalue weighted by Crippen LogP contribution is 2.20. The van der Waals surface area contributed by atoms with E-state index < -0.39 is 0 Å². The van der Waals surface area contributed by atoms with E-state index in [4.69, 9.17) is 0 Å². The third-order valence-electron chi connectivity index (χ3n) is 3.53. The number of rotatable bonds is 1. The summed E-state index contributed by atoms with van der Waals surface area (Å²) < 4.78 is 0. The van der Waals surface area contributed by atoms with E-state index in [1.165, 1.54) is 0 Å². The number of amides is 1. The van der Waals surface area contributed by atoms with Gasteiger partial charge in [-0.25, -0.2) is 0 Å². The molecule has 1 fully saturated rings. The molecule has 1 aromatic carbocycles. The van der Waals surface area contributed by atoms with Crippen LogP contribution in [-0.4, -0.2) is 33.4 Å². The second kappa shape index (κ2) is 5.53. The molecule has 0 bridgehead atoms. The predicted molar refractivity (Wildman–Crippen MR) is 76.5 cm³/mol. The standard InChI is InChI=1S/C14H15N3O.ClH/c1-10-3-2-8-17(10)14(18)11-4-5-12-13(9-11)16-7-6-15-12;/h4-7,9-10H,2-3,8H2,1H3;1H. The lowest BCUT2D eigenvalue weighted by atomic mass is 10.1. The first-order valence-electron chi connectivity index (χ1n) is 6.27. The van der Waals surface area contributed by atoms with Gasteiger partial charge in [-0.15, -0.1) is 12.4 Å². The molecule has 1 amide bonds. The van der Waals surface area contributed by atoms with Crippen molar-refractivity contribution in [2.45, 2.75) is 25.8 Å². The van der Waals surface area contributed by atoms with E-state index >= 15 is 0 Å². The molecule has 1 unspecified atom stereocenters. The maximum absolute atomic E-state index is 12.4. The van der Waals surface area contributed by atoms with E-state index in [0.717, 1.165) is 30.4 Å². The van der Waals surface area contributed by atoms with Crippen LogP contribution in [0.25, 0.3) is 11.0 Å². The highest BCUT2D eigenvalue weighted by atomic mass is 35.5. The van der Waals surface area contributed by atoms with Gasteiger partial charge in [-0.1, -0.05) is 0 Å². The van der Waals surface area contributed by atoms with Crippen molar-refractivity contribution in [3.05, 3.63) is 36.2 Å². The molecule has 0 N–H and O–H groups in total. The summed E-state index contributed by atoms with van der Waals surface area (Å²) in [4.78, 5) is 22.8. The second-order valence-electron chi connectivity index (χ2n) is 4.75. The lowest BCUT2D eigenvalue weighted by molar-refractivity contribution is 0.0747.